The van der Waals surface area contributed by atoms with Crippen LogP contribution >= 0.6 is 0 Å². The Morgan fingerprint density at radius 3 is 2.58 bits per heavy atom. The van der Waals surface area contributed by atoms with E-state index in [9.17, 15) is 9.59 Å². The first kappa shape index (κ1) is 21.2. The molecular formula is C24H29N3O4. The number of fused-ring (bicyclic) bond motifs is 1. The third-order valence-electron chi connectivity index (χ3n) is 5.95. The molecule has 0 radical (unpaired) electrons. The van der Waals surface area contributed by atoms with Crippen molar-refractivity contribution < 1.29 is 19.1 Å². The Morgan fingerprint density at radius 1 is 1.16 bits per heavy atom. The number of likely N-dealkylation sites (tertiary alicyclic amines) is 1. The molecule has 7 heteroatoms. The number of anilines is 1. The number of ether oxygens (including phenoxy) is 2. The molecule has 2 aliphatic rings. The van der Waals surface area contributed by atoms with Crippen molar-refractivity contribution in [3.8, 4) is 11.5 Å². The average Bonchev–Trinajstić information content (AvgIpc) is 3.32. The maximum atomic E-state index is 12.8. The molecule has 2 aliphatic heterocycles. The Labute approximate surface area is 182 Å². The number of rotatable bonds is 7. The van der Waals surface area contributed by atoms with Gasteiger partial charge < -0.3 is 14.8 Å². The molecule has 2 aromatic rings. The van der Waals surface area contributed by atoms with Gasteiger partial charge in [0, 0.05) is 6.54 Å². The van der Waals surface area contributed by atoms with E-state index in [-0.39, 0.29) is 24.4 Å². The van der Waals surface area contributed by atoms with Crippen molar-refractivity contribution in [2.45, 2.75) is 31.9 Å². The minimum Gasteiger partial charge on any atom is -0.497 e. The monoisotopic (exact) mass is 423 g/mol. The van der Waals surface area contributed by atoms with Gasteiger partial charge in [0.15, 0.2) is 6.10 Å². The minimum absolute atomic E-state index is 0.0289. The van der Waals surface area contributed by atoms with Gasteiger partial charge in [-0.15, -0.1) is 0 Å². The molecule has 0 aromatic heterocycles. The molecule has 2 amide bonds. The van der Waals surface area contributed by atoms with E-state index in [2.05, 4.69) is 22.3 Å². The highest BCUT2D eigenvalue weighted by atomic mass is 16.5. The van der Waals surface area contributed by atoms with Crippen LogP contribution in [-0.4, -0.2) is 56.1 Å². The number of para-hydroxylation sites is 2. The van der Waals surface area contributed by atoms with Gasteiger partial charge in [-0.3, -0.25) is 19.4 Å². The van der Waals surface area contributed by atoms with Gasteiger partial charge in [0.25, 0.3) is 5.91 Å². The van der Waals surface area contributed by atoms with Crippen LogP contribution in [0.1, 0.15) is 31.4 Å². The van der Waals surface area contributed by atoms with Gasteiger partial charge >= 0.3 is 0 Å². The molecule has 0 spiro atoms. The first-order chi connectivity index (χ1) is 15.1. The molecular weight excluding hydrogens is 394 g/mol. The number of hydrogen-bond donors (Lipinski definition) is 1. The van der Waals surface area contributed by atoms with Crippen LogP contribution in [0.15, 0.2) is 48.5 Å². The minimum atomic E-state index is -0.612. The molecule has 0 saturated carbocycles. The topological polar surface area (TPSA) is 71.1 Å². The average molecular weight is 424 g/mol. The van der Waals surface area contributed by atoms with Crippen LogP contribution in [0, 0.1) is 0 Å². The molecule has 1 N–H and O–H groups in total. The predicted octanol–water partition coefficient (Wildman–Crippen LogP) is 2.76. The highest BCUT2D eigenvalue weighted by Crippen LogP contribution is 2.33. The first-order valence-corrected chi connectivity index (χ1v) is 10.8. The van der Waals surface area contributed by atoms with Gasteiger partial charge in [0.1, 0.15) is 18.0 Å². The Kier molecular flexibility index (Phi) is 6.42. The summed E-state index contributed by atoms with van der Waals surface area (Å²) in [5.41, 5.74) is 1.77. The lowest BCUT2D eigenvalue weighted by Crippen LogP contribution is -2.49. The van der Waals surface area contributed by atoms with E-state index in [1.54, 1.807) is 20.1 Å². The highest BCUT2D eigenvalue weighted by Gasteiger charge is 2.33. The number of carbonyl (C=O) groups is 2. The number of nitrogens with one attached hydrogen (secondary N) is 1. The zero-order valence-electron chi connectivity index (χ0n) is 18.0. The number of carbonyl (C=O) groups excluding carboxylic acids is 2. The summed E-state index contributed by atoms with van der Waals surface area (Å²) in [6.07, 6.45) is 1.72. The molecule has 0 aliphatic carbocycles. The van der Waals surface area contributed by atoms with Crippen LogP contribution in [0.3, 0.4) is 0 Å². The lowest BCUT2D eigenvalue weighted by atomic mass is 10.1. The second kappa shape index (κ2) is 9.39. The van der Waals surface area contributed by atoms with Crippen molar-refractivity contribution >= 4 is 17.5 Å². The molecule has 2 atom stereocenters. The van der Waals surface area contributed by atoms with Gasteiger partial charge in [0.2, 0.25) is 5.91 Å². The normalized spacial score (nSPS) is 19.5. The number of methoxy groups -OCH3 is 1. The fourth-order valence-corrected chi connectivity index (χ4v) is 4.27. The van der Waals surface area contributed by atoms with Crippen molar-refractivity contribution in [2.75, 3.05) is 38.2 Å². The smallest absolute Gasteiger partial charge is 0.268 e. The van der Waals surface area contributed by atoms with Crippen LogP contribution in [0.25, 0.3) is 0 Å². The number of hydrogen-bond acceptors (Lipinski definition) is 5. The van der Waals surface area contributed by atoms with E-state index >= 15 is 0 Å². The van der Waals surface area contributed by atoms with Gasteiger partial charge in [-0.05, 0) is 62.7 Å². The third kappa shape index (κ3) is 4.66. The third-order valence-corrected chi connectivity index (χ3v) is 5.95. The molecule has 164 valence electrons. The fraction of sp³-hybridized carbons (Fsp3) is 0.417. The highest BCUT2D eigenvalue weighted by molar-refractivity contribution is 6.03. The first-order valence-electron chi connectivity index (χ1n) is 10.8. The summed E-state index contributed by atoms with van der Waals surface area (Å²) in [4.78, 5) is 29.4. The SMILES string of the molecule is COc1ccc(C(CNC(=O)CN2C(=O)C(C)Oc3ccccc32)N2CCCC2)cc1. The molecule has 2 unspecified atom stereocenters. The number of nitrogens with zero attached hydrogens (tertiary/aromatic N) is 2. The number of benzene rings is 2. The van der Waals surface area contributed by atoms with Crippen LogP contribution < -0.4 is 19.7 Å². The molecule has 7 nitrogen and oxygen atoms in total. The van der Waals surface area contributed by atoms with Crippen LogP contribution in [0.5, 0.6) is 11.5 Å². The largest absolute Gasteiger partial charge is 0.497 e. The van der Waals surface area contributed by atoms with Gasteiger partial charge in [-0.25, -0.2) is 0 Å². The maximum Gasteiger partial charge on any atom is 0.268 e. The summed E-state index contributed by atoms with van der Waals surface area (Å²) in [5, 5.41) is 3.05. The Balaban J connectivity index is 1.45. The molecule has 4 rings (SSSR count). The number of amides is 2. The van der Waals surface area contributed by atoms with Crippen LogP contribution in [0.2, 0.25) is 0 Å². The zero-order chi connectivity index (χ0) is 21.8. The summed E-state index contributed by atoms with van der Waals surface area (Å²) >= 11 is 0. The second-order valence-electron chi connectivity index (χ2n) is 7.99. The van der Waals surface area contributed by atoms with Gasteiger partial charge in [0.05, 0.1) is 18.8 Å². The van der Waals surface area contributed by atoms with E-state index in [0.29, 0.717) is 18.0 Å². The van der Waals surface area contributed by atoms with Gasteiger partial charge in [-0.1, -0.05) is 24.3 Å². The van der Waals surface area contributed by atoms with Crippen molar-refractivity contribution in [1.29, 1.82) is 0 Å². The lowest BCUT2D eigenvalue weighted by molar-refractivity contribution is -0.128. The molecule has 31 heavy (non-hydrogen) atoms. The van der Waals surface area contributed by atoms with Crippen molar-refractivity contribution in [2.24, 2.45) is 0 Å². The second-order valence-corrected chi connectivity index (χ2v) is 7.99. The quantitative estimate of drug-likeness (QED) is 0.742. The molecule has 2 heterocycles. The standard InChI is InChI=1S/C24H29N3O4/c1-17-24(29)27(20-7-3-4-8-22(20)31-17)16-23(28)25-15-21(26-13-5-6-14-26)18-9-11-19(30-2)12-10-18/h3-4,7-12,17,21H,5-6,13-16H2,1-2H3,(H,25,28). The Morgan fingerprint density at radius 2 is 1.87 bits per heavy atom. The summed E-state index contributed by atoms with van der Waals surface area (Å²) in [6, 6.07) is 15.4. The van der Waals surface area contributed by atoms with Crippen LogP contribution in [0.4, 0.5) is 5.69 Å². The van der Waals surface area contributed by atoms with E-state index in [1.165, 1.54) is 4.90 Å². The maximum absolute atomic E-state index is 12.8. The molecule has 1 fully saturated rings. The molecule has 0 bridgehead atoms. The fourth-order valence-electron chi connectivity index (χ4n) is 4.27. The lowest BCUT2D eigenvalue weighted by Gasteiger charge is -2.33. The Hall–Kier alpha value is -3.06. The molecule has 1 saturated heterocycles. The van der Waals surface area contributed by atoms with Crippen LogP contribution in [-0.2, 0) is 9.59 Å². The van der Waals surface area contributed by atoms with Crippen molar-refractivity contribution in [3.63, 3.8) is 0 Å². The van der Waals surface area contributed by atoms with Gasteiger partial charge in [-0.2, -0.15) is 0 Å². The Bertz CT molecular complexity index is 925. The van der Waals surface area contributed by atoms with E-state index in [0.717, 1.165) is 37.2 Å². The predicted molar refractivity (Wildman–Crippen MR) is 118 cm³/mol. The van der Waals surface area contributed by atoms with E-state index in [4.69, 9.17) is 9.47 Å². The summed E-state index contributed by atoms with van der Waals surface area (Å²) in [5.74, 6) is 1.04. The van der Waals surface area contributed by atoms with E-state index in [1.807, 2.05) is 30.3 Å². The zero-order valence-corrected chi connectivity index (χ0v) is 18.0. The summed E-state index contributed by atoms with van der Waals surface area (Å²) < 4.78 is 10.9. The summed E-state index contributed by atoms with van der Waals surface area (Å²) in [7, 11) is 1.65. The van der Waals surface area contributed by atoms with Crippen molar-refractivity contribution in [1.82, 2.24) is 10.2 Å². The summed E-state index contributed by atoms with van der Waals surface area (Å²) in [6.45, 7) is 4.19. The molecule has 2 aromatic carbocycles. The van der Waals surface area contributed by atoms with Crippen molar-refractivity contribution in [3.05, 3.63) is 54.1 Å². The van der Waals surface area contributed by atoms with E-state index < -0.39 is 6.10 Å².